The van der Waals surface area contributed by atoms with Gasteiger partial charge in [0.15, 0.2) is 5.82 Å². The SMILES string of the molecule is Cn1nc(NC(=O)OC(C)(C)C)c2ccc(Br)cc21. The molecule has 0 unspecified atom stereocenters. The summed E-state index contributed by atoms with van der Waals surface area (Å²) in [6, 6.07) is 5.76. The molecule has 0 aliphatic heterocycles. The molecule has 0 radical (unpaired) electrons. The molecule has 1 heterocycles. The highest BCUT2D eigenvalue weighted by molar-refractivity contribution is 9.10. The summed E-state index contributed by atoms with van der Waals surface area (Å²) in [5.74, 6) is 0.499. The lowest BCUT2D eigenvalue weighted by atomic mass is 10.2. The van der Waals surface area contributed by atoms with Crippen molar-refractivity contribution >= 4 is 38.7 Å². The number of fused-ring (bicyclic) bond motifs is 1. The van der Waals surface area contributed by atoms with E-state index in [1.807, 2.05) is 46.0 Å². The van der Waals surface area contributed by atoms with E-state index in [9.17, 15) is 4.79 Å². The quantitative estimate of drug-likeness (QED) is 0.870. The predicted octanol–water partition coefficient (Wildman–Crippen LogP) is 3.68. The van der Waals surface area contributed by atoms with Crippen LogP contribution in [0.25, 0.3) is 10.9 Å². The summed E-state index contributed by atoms with van der Waals surface area (Å²) in [5.41, 5.74) is 0.401. The fraction of sp³-hybridized carbons (Fsp3) is 0.385. The van der Waals surface area contributed by atoms with Crippen molar-refractivity contribution in [1.82, 2.24) is 9.78 Å². The van der Waals surface area contributed by atoms with Gasteiger partial charge in [-0.3, -0.25) is 10.00 Å². The summed E-state index contributed by atoms with van der Waals surface area (Å²) in [5, 5.41) is 7.83. The number of anilines is 1. The maximum atomic E-state index is 11.8. The molecule has 19 heavy (non-hydrogen) atoms. The van der Waals surface area contributed by atoms with Gasteiger partial charge >= 0.3 is 6.09 Å². The van der Waals surface area contributed by atoms with Crippen molar-refractivity contribution in [3.05, 3.63) is 22.7 Å². The maximum absolute atomic E-state index is 11.8. The molecule has 2 aromatic rings. The average Bonchev–Trinajstić information content (AvgIpc) is 2.52. The lowest BCUT2D eigenvalue weighted by Crippen LogP contribution is -2.27. The molecule has 1 N–H and O–H groups in total. The second-order valence-corrected chi connectivity index (χ2v) is 6.18. The summed E-state index contributed by atoms with van der Waals surface area (Å²) in [7, 11) is 1.83. The number of nitrogens with one attached hydrogen (secondary N) is 1. The van der Waals surface area contributed by atoms with Crippen LogP contribution in [0.1, 0.15) is 20.8 Å². The molecule has 5 nitrogen and oxygen atoms in total. The first kappa shape index (κ1) is 13.9. The molecule has 2 rings (SSSR count). The smallest absolute Gasteiger partial charge is 0.413 e. The topological polar surface area (TPSA) is 56.2 Å². The number of halogens is 1. The molecule has 102 valence electrons. The zero-order chi connectivity index (χ0) is 14.2. The molecule has 0 atom stereocenters. The Bertz CT molecular complexity index is 629. The van der Waals surface area contributed by atoms with E-state index in [-0.39, 0.29) is 0 Å². The Balaban J connectivity index is 2.29. The average molecular weight is 326 g/mol. The van der Waals surface area contributed by atoms with E-state index in [0.29, 0.717) is 5.82 Å². The first-order valence-electron chi connectivity index (χ1n) is 5.88. The summed E-state index contributed by atoms with van der Waals surface area (Å²) in [6.07, 6.45) is -0.504. The van der Waals surface area contributed by atoms with Gasteiger partial charge in [-0.15, -0.1) is 0 Å². The molecule has 6 heteroatoms. The zero-order valence-electron chi connectivity index (χ0n) is 11.3. The third kappa shape index (κ3) is 3.26. The van der Waals surface area contributed by atoms with E-state index in [2.05, 4.69) is 26.3 Å². The Kier molecular flexibility index (Phi) is 3.54. The number of hydrogen-bond acceptors (Lipinski definition) is 3. The van der Waals surface area contributed by atoms with Crippen molar-refractivity contribution < 1.29 is 9.53 Å². The minimum atomic E-state index is -0.530. The number of aryl methyl sites for hydroxylation is 1. The number of nitrogens with zero attached hydrogens (tertiary/aromatic N) is 2. The van der Waals surface area contributed by atoms with Crippen molar-refractivity contribution in [2.45, 2.75) is 26.4 Å². The van der Waals surface area contributed by atoms with Crippen LogP contribution in [0.2, 0.25) is 0 Å². The first-order valence-corrected chi connectivity index (χ1v) is 6.68. The number of hydrogen-bond donors (Lipinski definition) is 1. The molecule has 0 bridgehead atoms. The third-order valence-corrected chi connectivity index (χ3v) is 2.93. The van der Waals surface area contributed by atoms with Crippen LogP contribution in [0, 0.1) is 0 Å². The number of aromatic nitrogens is 2. The largest absolute Gasteiger partial charge is 0.444 e. The Morgan fingerprint density at radius 3 is 2.74 bits per heavy atom. The van der Waals surface area contributed by atoms with Gasteiger partial charge < -0.3 is 4.74 Å². The molecule has 0 fully saturated rings. The van der Waals surface area contributed by atoms with Crippen LogP contribution in [-0.4, -0.2) is 21.5 Å². The van der Waals surface area contributed by atoms with Crippen LogP contribution in [0.5, 0.6) is 0 Å². The van der Waals surface area contributed by atoms with E-state index in [1.165, 1.54) is 0 Å². The summed E-state index contributed by atoms with van der Waals surface area (Å²) in [6.45, 7) is 5.46. The molecule has 1 amide bonds. The molecule has 0 spiro atoms. The molecule has 1 aromatic heterocycles. The Morgan fingerprint density at radius 2 is 2.11 bits per heavy atom. The summed E-state index contributed by atoms with van der Waals surface area (Å²) in [4.78, 5) is 11.8. The summed E-state index contributed by atoms with van der Waals surface area (Å²) >= 11 is 3.41. The standard InChI is InChI=1S/C13H16BrN3O2/c1-13(2,3)19-12(18)15-11-9-6-5-8(14)7-10(9)17(4)16-11/h5-7H,1-4H3,(H,15,16,18). The fourth-order valence-corrected chi connectivity index (χ4v) is 2.07. The second kappa shape index (κ2) is 4.85. The molecule has 0 aliphatic rings. The van der Waals surface area contributed by atoms with Crippen molar-refractivity contribution in [1.29, 1.82) is 0 Å². The lowest BCUT2D eigenvalue weighted by Gasteiger charge is -2.19. The van der Waals surface area contributed by atoms with Crippen LogP contribution < -0.4 is 5.32 Å². The monoisotopic (exact) mass is 325 g/mol. The van der Waals surface area contributed by atoms with Gasteiger partial charge in [-0.1, -0.05) is 15.9 Å². The lowest BCUT2D eigenvalue weighted by molar-refractivity contribution is 0.0635. The van der Waals surface area contributed by atoms with Crippen LogP contribution in [0.15, 0.2) is 22.7 Å². The molecule has 0 aliphatic carbocycles. The minimum absolute atomic E-state index is 0.499. The van der Waals surface area contributed by atoms with Gasteiger partial charge in [0.2, 0.25) is 0 Å². The number of amides is 1. The van der Waals surface area contributed by atoms with E-state index in [0.717, 1.165) is 15.4 Å². The van der Waals surface area contributed by atoms with Gasteiger partial charge in [0.05, 0.1) is 5.52 Å². The fourth-order valence-electron chi connectivity index (χ4n) is 1.72. The number of carbonyl (C=O) groups is 1. The van der Waals surface area contributed by atoms with Crippen LogP contribution in [0.4, 0.5) is 10.6 Å². The van der Waals surface area contributed by atoms with Gasteiger partial charge in [-0.05, 0) is 39.0 Å². The highest BCUT2D eigenvalue weighted by atomic mass is 79.9. The minimum Gasteiger partial charge on any atom is -0.444 e. The Hall–Kier alpha value is -1.56. The molecule has 0 saturated carbocycles. The van der Waals surface area contributed by atoms with Crippen molar-refractivity contribution in [3.63, 3.8) is 0 Å². The number of ether oxygens (including phenoxy) is 1. The van der Waals surface area contributed by atoms with Crippen LogP contribution >= 0.6 is 15.9 Å². The van der Waals surface area contributed by atoms with E-state index in [4.69, 9.17) is 4.74 Å². The highest BCUT2D eigenvalue weighted by Crippen LogP contribution is 2.25. The third-order valence-electron chi connectivity index (χ3n) is 2.43. The van der Waals surface area contributed by atoms with Gasteiger partial charge in [-0.2, -0.15) is 5.10 Å². The van der Waals surface area contributed by atoms with E-state index < -0.39 is 11.7 Å². The molecular formula is C13H16BrN3O2. The zero-order valence-corrected chi connectivity index (χ0v) is 12.9. The van der Waals surface area contributed by atoms with E-state index >= 15 is 0 Å². The second-order valence-electron chi connectivity index (χ2n) is 5.26. The highest BCUT2D eigenvalue weighted by Gasteiger charge is 2.18. The maximum Gasteiger partial charge on any atom is 0.413 e. The Morgan fingerprint density at radius 1 is 1.42 bits per heavy atom. The number of carbonyl (C=O) groups excluding carboxylic acids is 1. The molecular weight excluding hydrogens is 310 g/mol. The van der Waals surface area contributed by atoms with Crippen LogP contribution in [0.3, 0.4) is 0 Å². The van der Waals surface area contributed by atoms with Gasteiger partial charge in [0.25, 0.3) is 0 Å². The summed E-state index contributed by atoms with van der Waals surface area (Å²) < 4.78 is 7.89. The Labute approximate surface area is 120 Å². The van der Waals surface area contributed by atoms with Crippen LogP contribution in [-0.2, 0) is 11.8 Å². The normalized spacial score (nSPS) is 11.6. The van der Waals surface area contributed by atoms with Crippen molar-refractivity contribution in [3.8, 4) is 0 Å². The van der Waals surface area contributed by atoms with Crippen molar-refractivity contribution in [2.24, 2.45) is 7.05 Å². The first-order chi connectivity index (χ1) is 8.76. The van der Waals surface area contributed by atoms with Gasteiger partial charge in [-0.25, -0.2) is 4.79 Å². The van der Waals surface area contributed by atoms with E-state index in [1.54, 1.807) is 4.68 Å². The number of rotatable bonds is 1. The number of benzene rings is 1. The molecule has 1 aromatic carbocycles. The van der Waals surface area contributed by atoms with Gasteiger partial charge in [0, 0.05) is 16.9 Å². The van der Waals surface area contributed by atoms with Gasteiger partial charge in [0.1, 0.15) is 5.60 Å². The predicted molar refractivity (Wildman–Crippen MR) is 78.3 cm³/mol. The molecule has 0 saturated heterocycles. The van der Waals surface area contributed by atoms with Crippen molar-refractivity contribution in [2.75, 3.05) is 5.32 Å².